The first-order chi connectivity index (χ1) is 18.5. The minimum Gasteiger partial charge on any atom is -0.351 e. The number of rotatable bonds is 9. The lowest BCUT2D eigenvalue weighted by Gasteiger charge is -2.34. The van der Waals surface area contributed by atoms with Gasteiger partial charge >= 0.3 is 0 Å². The number of likely N-dealkylation sites (N-methyl/N-ethyl adjacent to an activating group) is 1. The minimum atomic E-state index is -0.371. The third kappa shape index (κ3) is 5.53. The average Bonchev–Trinajstić information content (AvgIpc) is 3.56. The lowest BCUT2D eigenvalue weighted by atomic mass is 10.1. The fraction of sp³-hybridized carbons (Fsp3) is 0.444. The highest BCUT2D eigenvalue weighted by Crippen LogP contribution is 2.26. The van der Waals surface area contributed by atoms with Gasteiger partial charge in [-0.2, -0.15) is 19.6 Å². The summed E-state index contributed by atoms with van der Waals surface area (Å²) in [4.78, 5) is 38.1. The van der Waals surface area contributed by atoms with E-state index in [0.29, 0.717) is 41.3 Å². The fourth-order valence-corrected chi connectivity index (χ4v) is 4.85. The second kappa shape index (κ2) is 10.5. The van der Waals surface area contributed by atoms with Gasteiger partial charge in [0.1, 0.15) is 0 Å². The number of benzene rings is 1. The van der Waals surface area contributed by atoms with Crippen LogP contribution in [0, 0.1) is 0 Å². The van der Waals surface area contributed by atoms with Crippen LogP contribution >= 0.6 is 0 Å². The Kier molecular flexibility index (Phi) is 6.77. The van der Waals surface area contributed by atoms with Crippen LogP contribution < -0.4 is 16.0 Å². The van der Waals surface area contributed by atoms with Gasteiger partial charge in [0, 0.05) is 56.4 Å². The van der Waals surface area contributed by atoms with E-state index in [0.717, 1.165) is 57.7 Å². The third-order valence-corrected chi connectivity index (χ3v) is 7.32. The molecule has 2 aliphatic heterocycles. The van der Waals surface area contributed by atoms with Crippen LogP contribution in [0.4, 0.5) is 11.9 Å². The van der Waals surface area contributed by atoms with E-state index in [-0.39, 0.29) is 18.2 Å². The molecule has 3 aliphatic rings. The van der Waals surface area contributed by atoms with Crippen molar-refractivity contribution >= 4 is 35.4 Å². The molecule has 11 heteroatoms. The molecule has 2 aromatic heterocycles. The Balaban J connectivity index is 1.16. The number of nitrogens with zero attached hydrogens (tertiary/aromatic N) is 6. The summed E-state index contributed by atoms with van der Waals surface area (Å²) in [6, 6.07) is 9.07. The number of piperazine rings is 1. The zero-order valence-corrected chi connectivity index (χ0v) is 21.6. The number of nitrogens with one attached hydrogen (secondary N) is 3. The lowest BCUT2D eigenvalue weighted by molar-refractivity contribution is -0.124. The Bertz CT molecular complexity index is 1370. The molecule has 3 aromatic rings. The van der Waals surface area contributed by atoms with E-state index in [9.17, 15) is 9.59 Å². The van der Waals surface area contributed by atoms with Crippen LogP contribution in [0.5, 0.6) is 0 Å². The number of amides is 2. The summed E-state index contributed by atoms with van der Waals surface area (Å²) in [6.07, 6.45) is 5.58. The van der Waals surface area contributed by atoms with Gasteiger partial charge < -0.3 is 15.5 Å². The molecule has 3 fully saturated rings. The SMILES string of the molecule is CCN1CCN(Cc2ccc(CNc3nc(NC4CC4)n4ncc(/C=C5\CC(=O)NC5=O)c4n3)cc2)CC1. The van der Waals surface area contributed by atoms with Crippen LogP contribution in [-0.2, 0) is 22.7 Å². The van der Waals surface area contributed by atoms with Crippen LogP contribution in [0.2, 0.25) is 0 Å². The van der Waals surface area contributed by atoms with Gasteiger partial charge in [0.2, 0.25) is 17.8 Å². The zero-order valence-electron chi connectivity index (χ0n) is 21.6. The highest BCUT2D eigenvalue weighted by molar-refractivity contribution is 6.15. The Morgan fingerprint density at radius 2 is 1.76 bits per heavy atom. The maximum atomic E-state index is 12.1. The number of hydrogen-bond donors (Lipinski definition) is 3. The van der Waals surface area contributed by atoms with Crippen molar-refractivity contribution < 1.29 is 9.59 Å². The van der Waals surface area contributed by atoms with Crippen molar-refractivity contribution in [1.82, 2.24) is 34.7 Å². The second-order valence-corrected chi connectivity index (χ2v) is 10.2. The molecule has 6 rings (SSSR count). The summed E-state index contributed by atoms with van der Waals surface area (Å²) in [7, 11) is 0. The van der Waals surface area contributed by atoms with Crippen molar-refractivity contribution in [2.24, 2.45) is 0 Å². The van der Waals surface area contributed by atoms with Gasteiger partial charge in [0.25, 0.3) is 5.91 Å². The van der Waals surface area contributed by atoms with Crippen LogP contribution in [0.3, 0.4) is 0 Å². The van der Waals surface area contributed by atoms with Gasteiger partial charge in [-0.05, 0) is 36.6 Å². The predicted octanol–water partition coefficient (Wildman–Crippen LogP) is 1.88. The van der Waals surface area contributed by atoms with Gasteiger partial charge in [-0.15, -0.1) is 0 Å². The molecule has 1 aromatic carbocycles. The molecule has 0 radical (unpaired) electrons. The summed E-state index contributed by atoms with van der Waals surface area (Å²) < 4.78 is 1.65. The van der Waals surface area contributed by atoms with Crippen molar-refractivity contribution in [3.05, 3.63) is 52.7 Å². The van der Waals surface area contributed by atoms with E-state index in [2.05, 4.69) is 67.0 Å². The summed E-state index contributed by atoms with van der Waals surface area (Å²) in [5.74, 6) is 0.418. The standard InChI is InChI=1S/C27H33N9O2/c1-2-34-9-11-35(12-10-34)17-19-5-3-18(4-6-19)15-28-26-32-24-21(13-20-14-23(37)31-25(20)38)16-29-36(24)27(33-26)30-22-7-8-22/h3-6,13,16,22H,2,7-12,14-15,17H2,1H3,(H,31,37,38)(H2,28,30,32,33)/b20-13+. The van der Waals surface area contributed by atoms with Crippen LogP contribution in [0.1, 0.15) is 42.9 Å². The van der Waals surface area contributed by atoms with Crippen molar-refractivity contribution in [1.29, 1.82) is 0 Å². The first kappa shape index (κ1) is 24.5. The topological polar surface area (TPSA) is 120 Å². The molecule has 3 N–H and O–H groups in total. The van der Waals surface area contributed by atoms with Crippen LogP contribution in [0.25, 0.3) is 11.7 Å². The first-order valence-electron chi connectivity index (χ1n) is 13.4. The molecule has 1 aliphatic carbocycles. The third-order valence-electron chi connectivity index (χ3n) is 7.32. The second-order valence-electron chi connectivity index (χ2n) is 10.2. The number of carbonyl (C=O) groups is 2. The summed E-state index contributed by atoms with van der Waals surface area (Å²) in [5, 5.41) is 13.5. The maximum Gasteiger partial charge on any atom is 0.254 e. The number of imide groups is 1. The van der Waals surface area contributed by atoms with Crippen LogP contribution in [-0.4, -0.2) is 80.0 Å². The number of carbonyl (C=O) groups excluding carboxylic acids is 2. The largest absolute Gasteiger partial charge is 0.351 e. The van der Waals surface area contributed by atoms with E-state index in [1.54, 1.807) is 16.8 Å². The van der Waals surface area contributed by atoms with E-state index in [1.807, 2.05) is 0 Å². The van der Waals surface area contributed by atoms with E-state index < -0.39 is 0 Å². The smallest absolute Gasteiger partial charge is 0.254 e. The van der Waals surface area contributed by atoms with Crippen molar-refractivity contribution in [3.8, 4) is 0 Å². The van der Waals surface area contributed by atoms with Gasteiger partial charge in [-0.3, -0.25) is 19.8 Å². The zero-order chi connectivity index (χ0) is 26.1. The summed E-state index contributed by atoms with van der Waals surface area (Å²) in [6.45, 7) is 9.42. The molecule has 2 saturated heterocycles. The monoisotopic (exact) mass is 515 g/mol. The molecule has 4 heterocycles. The molecule has 2 amide bonds. The molecule has 0 bridgehead atoms. The molecule has 38 heavy (non-hydrogen) atoms. The van der Waals surface area contributed by atoms with Crippen LogP contribution in [0.15, 0.2) is 36.0 Å². The fourth-order valence-electron chi connectivity index (χ4n) is 4.85. The van der Waals surface area contributed by atoms with Gasteiger partial charge in [-0.25, -0.2) is 0 Å². The molecule has 198 valence electrons. The number of hydrogen-bond acceptors (Lipinski definition) is 9. The molecule has 1 saturated carbocycles. The summed E-state index contributed by atoms with van der Waals surface area (Å²) >= 11 is 0. The Morgan fingerprint density at radius 3 is 2.45 bits per heavy atom. The number of aromatic nitrogens is 4. The maximum absolute atomic E-state index is 12.1. The van der Waals surface area contributed by atoms with Crippen molar-refractivity contribution in [3.63, 3.8) is 0 Å². The quantitative estimate of drug-likeness (QED) is 0.290. The highest BCUT2D eigenvalue weighted by atomic mass is 16.2. The normalized spacial score (nSPS) is 19.9. The lowest BCUT2D eigenvalue weighted by Crippen LogP contribution is -2.45. The van der Waals surface area contributed by atoms with Gasteiger partial charge in [0.05, 0.1) is 12.6 Å². The molecule has 0 unspecified atom stereocenters. The Hall–Kier alpha value is -3.83. The Labute approximate surface area is 221 Å². The number of fused-ring (bicyclic) bond motifs is 1. The molecular formula is C27H33N9O2. The molecule has 0 atom stereocenters. The van der Waals surface area contributed by atoms with Crippen molar-refractivity contribution in [2.75, 3.05) is 43.4 Å². The first-order valence-corrected chi connectivity index (χ1v) is 13.4. The average molecular weight is 516 g/mol. The Morgan fingerprint density at radius 1 is 1.03 bits per heavy atom. The van der Waals surface area contributed by atoms with E-state index in [4.69, 9.17) is 4.98 Å². The minimum absolute atomic E-state index is 0.0600. The van der Waals surface area contributed by atoms with Gasteiger partial charge in [-0.1, -0.05) is 31.2 Å². The van der Waals surface area contributed by atoms with Gasteiger partial charge in [0.15, 0.2) is 5.65 Å². The molecular weight excluding hydrogens is 482 g/mol. The van der Waals surface area contributed by atoms with E-state index >= 15 is 0 Å². The summed E-state index contributed by atoms with van der Waals surface area (Å²) in [5.41, 5.74) is 4.10. The predicted molar refractivity (Wildman–Crippen MR) is 144 cm³/mol. The van der Waals surface area contributed by atoms with E-state index in [1.165, 1.54) is 5.56 Å². The highest BCUT2D eigenvalue weighted by Gasteiger charge is 2.26. The van der Waals surface area contributed by atoms with Crippen molar-refractivity contribution in [2.45, 2.75) is 45.3 Å². The molecule has 0 spiro atoms. The number of anilines is 2. The molecule has 11 nitrogen and oxygen atoms in total.